The Morgan fingerprint density at radius 3 is 2.32 bits per heavy atom. The van der Waals surface area contributed by atoms with Crippen molar-refractivity contribution in [2.75, 3.05) is 10.6 Å². The number of alkyl halides is 4. The van der Waals surface area contributed by atoms with Crippen LogP contribution in [0.15, 0.2) is 71.5 Å². The molecule has 0 amide bonds. The maximum atomic E-state index is 14.6. The molecule has 2 unspecified atom stereocenters. The number of para-hydroxylation sites is 1. The molecule has 178 valence electrons. The first-order chi connectivity index (χ1) is 16.1. The van der Waals surface area contributed by atoms with Crippen molar-refractivity contribution in [3.8, 4) is 11.6 Å². The first-order valence-corrected chi connectivity index (χ1v) is 11.6. The highest BCUT2D eigenvalue weighted by atomic mass is 35.6. The third kappa shape index (κ3) is 4.66. The van der Waals surface area contributed by atoms with Gasteiger partial charge in [0.05, 0.1) is 5.69 Å². The minimum absolute atomic E-state index is 0.0742. The molecule has 3 N–H and O–H groups in total. The smallest absolute Gasteiger partial charge is 0.337 e. The van der Waals surface area contributed by atoms with E-state index in [4.69, 9.17) is 46.4 Å². The molecule has 0 saturated heterocycles. The summed E-state index contributed by atoms with van der Waals surface area (Å²) < 4.78 is 14.6. The van der Waals surface area contributed by atoms with E-state index in [9.17, 15) is 14.3 Å². The molecule has 4 rings (SSSR count). The molecule has 0 aliphatic rings. The third-order valence-electron chi connectivity index (χ3n) is 5.32. The number of halogens is 5. The Bertz CT molecular complexity index is 1390. The lowest BCUT2D eigenvalue weighted by Crippen LogP contribution is -2.44. The van der Waals surface area contributed by atoms with Gasteiger partial charge in [-0.05, 0) is 23.6 Å². The van der Waals surface area contributed by atoms with Gasteiger partial charge in [-0.3, -0.25) is 4.57 Å². The van der Waals surface area contributed by atoms with E-state index < -0.39 is 32.7 Å². The van der Waals surface area contributed by atoms with E-state index in [1.807, 2.05) is 42.5 Å². The standard InChI is InChI=1S/C23H19Cl4FN4O2/c1-31-21(33)20(32(22(31)34)17-12-5-4-10-15(17)28)30-19(18(24)23(25,26)27)29-16-11-6-8-13-7-2-3-9-14(13)16/h2-12,18-19,29-30,33H,1H3. The predicted molar refractivity (Wildman–Crippen MR) is 138 cm³/mol. The second kappa shape index (κ2) is 9.58. The van der Waals surface area contributed by atoms with Crippen LogP contribution >= 0.6 is 46.4 Å². The molecule has 0 spiro atoms. The van der Waals surface area contributed by atoms with Gasteiger partial charge in [-0.2, -0.15) is 0 Å². The summed E-state index contributed by atoms with van der Waals surface area (Å²) in [5, 5.41) is 17.5. The number of hydrogen-bond donors (Lipinski definition) is 3. The summed E-state index contributed by atoms with van der Waals surface area (Å²) in [6.45, 7) is 0. The molecule has 3 aromatic carbocycles. The van der Waals surface area contributed by atoms with Crippen LogP contribution in [0.3, 0.4) is 0 Å². The minimum Gasteiger partial charge on any atom is -0.492 e. The minimum atomic E-state index is -1.94. The molecule has 0 aliphatic heterocycles. The van der Waals surface area contributed by atoms with Crippen LogP contribution in [0.1, 0.15) is 0 Å². The van der Waals surface area contributed by atoms with Crippen LogP contribution in [0.5, 0.6) is 5.88 Å². The number of nitrogens with one attached hydrogen (secondary N) is 2. The molecular weight excluding hydrogens is 525 g/mol. The van der Waals surface area contributed by atoms with E-state index in [-0.39, 0.29) is 11.5 Å². The zero-order chi connectivity index (χ0) is 24.6. The molecule has 6 nitrogen and oxygen atoms in total. The van der Waals surface area contributed by atoms with Gasteiger partial charge in [0.15, 0.2) is 5.82 Å². The predicted octanol–water partition coefficient (Wildman–Crippen LogP) is 6.00. The fraction of sp³-hybridized carbons (Fsp3) is 0.174. The van der Waals surface area contributed by atoms with E-state index in [1.54, 1.807) is 6.07 Å². The number of imidazole rings is 1. The molecule has 1 heterocycles. The van der Waals surface area contributed by atoms with Crippen LogP contribution in [0.2, 0.25) is 0 Å². The van der Waals surface area contributed by atoms with Gasteiger partial charge in [0, 0.05) is 18.1 Å². The van der Waals surface area contributed by atoms with Crippen LogP contribution in [-0.2, 0) is 7.05 Å². The van der Waals surface area contributed by atoms with Crippen molar-refractivity contribution in [1.82, 2.24) is 9.13 Å². The molecule has 2 atom stereocenters. The zero-order valence-electron chi connectivity index (χ0n) is 17.6. The lowest BCUT2D eigenvalue weighted by atomic mass is 10.1. The van der Waals surface area contributed by atoms with E-state index in [0.717, 1.165) is 19.9 Å². The number of aromatic nitrogens is 2. The van der Waals surface area contributed by atoms with E-state index in [1.165, 1.54) is 25.2 Å². The summed E-state index contributed by atoms with van der Waals surface area (Å²) in [5.41, 5.74) is -0.102. The molecule has 0 saturated carbocycles. The van der Waals surface area contributed by atoms with Crippen molar-refractivity contribution in [2.45, 2.75) is 15.3 Å². The molecule has 0 bridgehead atoms. The average Bonchev–Trinajstić information content (AvgIpc) is 3.01. The van der Waals surface area contributed by atoms with Crippen LogP contribution in [0.4, 0.5) is 15.9 Å². The van der Waals surface area contributed by atoms with Crippen LogP contribution < -0.4 is 16.3 Å². The largest absolute Gasteiger partial charge is 0.492 e. The van der Waals surface area contributed by atoms with Gasteiger partial charge in [-0.25, -0.2) is 13.8 Å². The number of benzene rings is 3. The summed E-state index contributed by atoms with van der Waals surface area (Å²) >= 11 is 24.9. The zero-order valence-corrected chi connectivity index (χ0v) is 20.7. The first kappa shape index (κ1) is 24.5. The Hall–Kier alpha value is -2.58. The number of rotatable bonds is 6. The van der Waals surface area contributed by atoms with Crippen molar-refractivity contribution >= 4 is 68.7 Å². The highest BCUT2D eigenvalue weighted by molar-refractivity contribution is 6.70. The Balaban J connectivity index is 1.83. The summed E-state index contributed by atoms with van der Waals surface area (Å²) in [4.78, 5) is 12.9. The number of fused-ring (bicyclic) bond motifs is 1. The Kier molecular flexibility index (Phi) is 6.92. The van der Waals surface area contributed by atoms with Gasteiger partial charge in [-0.1, -0.05) is 83.3 Å². The summed E-state index contributed by atoms with van der Waals surface area (Å²) in [6.07, 6.45) is -1.02. The molecular formula is C23H19Cl4FN4O2. The lowest BCUT2D eigenvalue weighted by molar-refractivity contribution is 0.431. The second-order valence-corrected chi connectivity index (χ2v) is 10.4. The molecule has 0 radical (unpaired) electrons. The van der Waals surface area contributed by atoms with Crippen molar-refractivity contribution in [2.24, 2.45) is 7.05 Å². The van der Waals surface area contributed by atoms with Crippen LogP contribution in [-0.4, -0.2) is 29.6 Å². The van der Waals surface area contributed by atoms with E-state index >= 15 is 0 Å². The molecule has 0 fully saturated rings. The van der Waals surface area contributed by atoms with Crippen LogP contribution in [0, 0.1) is 5.82 Å². The van der Waals surface area contributed by atoms with Gasteiger partial charge >= 0.3 is 5.69 Å². The molecule has 11 heteroatoms. The fourth-order valence-corrected chi connectivity index (χ4v) is 4.12. The average molecular weight is 544 g/mol. The van der Waals surface area contributed by atoms with Crippen molar-refractivity contribution in [1.29, 1.82) is 0 Å². The highest BCUT2D eigenvalue weighted by Gasteiger charge is 2.39. The topological polar surface area (TPSA) is 71.2 Å². The van der Waals surface area contributed by atoms with E-state index in [0.29, 0.717) is 5.69 Å². The van der Waals surface area contributed by atoms with E-state index in [2.05, 4.69) is 10.6 Å². The van der Waals surface area contributed by atoms with Gasteiger partial charge in [0.1, 0.15) is 17.4 Å². The number of hydrogen-bond acceptors (Lipinski definition) is 4. The molecule has 34 heavy (non-hydrogen) atoms. The van der Waals surface area contributed by atoms with Gasteiger partial charge in [-0.15, -0.1) is 11.6 Å². The number of aromatic hydroxyl groups is 1. The Morgan fingerprint density at radius 1 is 0.971 bits per heavy atom. The van der Waals surface area contributed by atoms with Gasteiger partial charge < -0.3 is 15.7 Å². The maximum absolute atomic E-state index is 14.6. The SMILES string of the molecule is Cn1c(O)c(NC(Nc2cccc3ccccc23)C(Cl)C(Cl)(Cl)Cl)n(-c2ccccc2F)c1=O. The molecule has 1 aromatic heterocycles. The Labute approximate surface area is 214 Å². The molecule has 4 aromatic rings. The van der Waals surface area contributed by atoms with Gasteiger partial charge in [0.25, 0.3) is 0 Å². The monoisotopic (exact) mass is 542 g/mol. The summed E-state index contributed by atoms with van der Waals surface area (Å²) in [7, 11) is 1.35. The number of anilines is 2. The van der Waals surface area contributed by atoms with Crippen molar-refractivity contribution < 1.29 is 9.50 Å². The second-order valence-electron chi connectivity index (χ2n) is 7.54. The highest BCUT2D eigenvalue weighted by Crippen LogP contribution is 2.38. The quantitative estimate of drug-likeness (QED) is 0.206. The van der Waals surface area contributed by atoms with Crippen molar-refractivity contribution in [3.05, 3.63) is 83.0 Å². The lowest BCUT2D eigenvalue weighted by Gasteiger charge is -2.31. The van der Waals surface area contributed by atoms with Gasteiger partial charge in [0.2, 0.25) is 9.67 Å². The molecule has 0 aliphatic carbocycles. The maximum Gasteiger partial charge on any atom is 0.337 e. The summed E-state index contributed by atoms with van der Waals surface area (Å²) in [6, 6.07) is 18.9. The normalized spacial score (nSPS) is 13.6. The third-order valence-corrected chi connectivity index (χ3v) is 6.94. The fourth-order valence-electron chi connectivity index (χ4n) is 3.62. The summed E-state index contributed by atoms with van der Waals surface area (Å²) in [5.74, 6) is -1.25. The van der Waals surface area contributed by atoms with Crippen molar-refractivity contribution in [3.63, 3.8) is 0 Å². The van der Waals surface area contributed by atoms with Crippen LogP contribution in [0.25, 0.3) is 16.5 Å². The number of nitrogens with zero attached hydrogens (tertiary/aromatic N) is 2. The first-order valence-electron chi connectivity index (χ1n) is 10.1. The Morgan fingerprint density at radius 2 is 1.62 bits per heavy atom.